The third kappa shape index (κ3) is 2.84. The first-order valence-electron chi connectivity index (χ1n) is 6.57. The number of carbonyl (C=O) groups excluding carboxylic acids is 3. The van der Waals surface area contributed by atoms with Crippen LogP contribution in [0.2, 0.25) is 5.02 Å². The van der Waals surface area contributed by atoms with Gasteiger partial charge in [0.1, 0.15) is 0 Å². The van der Waals surface area contributed by atoms with Crippen molar-refractivity contribution in [3.8, 4) is 0 Å². The van der Waals surface area contributed by atoms with Crippen LogP contribution >= 0.6 is 11.6 Å². The number of anilines is 2. The summed E-state index contributed by atoms with van der Waals surface area (Å²) in [5.74, 6) is -1.46. The van der Waals surface area contributed by atoms with Gasteiger partial charge in [-0.05, 0) is 35.9 Å². The number of carbonyl (C=O) groups is 3. The first-order valence-corrected chi connectivity index (χ1v) is 6.95. The molecule has 0 unspecified atom stereocenters. The van der Waals surface area contributed by atoms with Crippen molar-refractivity contribution in [1.29, 1.82) is 0 Å². The normalized spacial score (nSPS) is 12.8. The van der Waals surface area contributed by atoms with Crippen molar-refractivity contribution in [2.75, 3.05) is 10.6 Å². The Bertz CT molecular complexity index is 784. The third-order valence-corrected chi connectivity index (χ3v) is 3.53. The zero-order valence-corrected chi connectivity index (χ0v) is 12.1. The molecule has 1 aliphatic rings. The molecule has 0 fully saturated rings. The molecule has 22 heavy (non-hydrogen) atoms. The van der Waals surface area contributed by atoms with Crippen molar-refractivity contribution in [3.05, 3.63) is 58.6 Å². The highest BCUT2D eigenvalue weighted by Gasteiger charge is 2.28. The molecular formula is C16H11ClN2O3. The monoisotopic (exact) mass is 314 g/mol. The van der Waals surface area contributed by atoms with E-state index >= 15 is 0 Å². The van der Waals surface area contributed by atoms with E-state index in [1.165, 1.54) is 6.07 Å². The summed E-state index contributed by atoms with van der Waals surface area (Å²) in [4.78, 5) is 34.9. The van der Waals surface area contributed by atoms with E-state index in [1.54, 1.807) is 36.4 Å². The number of nitrogens with one attached hydrogen (secondary N) is 2. The molecule has 5 nitrogen and oxygen atoms in total. The van der Waals surface area contributed by atoms with Crippen LogP contribution in [0, 0.1) is 0 Å². The van der Waals surface area contributed by atoms with Gasteiger partial charge in [-0.15, -0.1) is 0 Å². The maximum absolute atomic E-state index is 12.0. The Kier molecular flexibility index (Phi) is 3.65. The number of rotatable bonds is 3. The maximum Gasteiger partial charge on any atom is 0.296 e. The number of halogens is 1. The highest BCUT2D eigenvalue weighted by Crippen LogP contribution is 2.26. The zero-order valence-electron chi connectivity index (χ0n) is 11.4. The Morgan fingerprint density at radius 3 is 2.55 bits per heavy atom. The second-order valence-electron chi connectivity index (χ2n) is 4.90. The van der Waals surface area contributed by atoms with Gasteiger partial charge in [0.05, 0.1) is 17.7 Å². The summed E-state index contributed by atoms with van der Waals surface area (Å²) < 4.78 is 0. The van der Waals surface area contributed by atoms with Crippen molar-refractivity contribution in [1.82, 2.24) is 0 Å². The van der Waals surface area contributed by atoms with E-state index in [0.717, 1.165) is 5.56 Å². The number of fused-ring (bicyclic) bond motifs is 1. The van der Waals surface area contributed by atoms with Gasteiger partial charge in [0.25, 0.3) is 11.7 Å². The first-order chi connectivity index (χ1) is 10.5. The molecule has 0 atom stereocenters. The van der Waals surface area contributed by atoms with Crippen molar-refractivity contribution >= 4 is 40.6 Å². The molecule has 0 bridgehead atoms. The Labute approximate surface area is 131 Å². The van der Waals surface area contributed by atoms with Gasteiger partial charge < -0.3 is 10.6 Å². The minimum Gasteiger partial charge on any atom is -0.326 e. The van der Waals surface area contributed by atoms with Gasteiger partial charge in [0.2, 0.25) is 5.91 Å². The Hall–Kier alpha value is -2.66. The quantitative estimate of drug-likeness (QED) is 0.855. The van der Waals surface area contributed by atoms with Crippen LogP contribution in [0.4, 0.5) is 11.4 Å². The largest absolute Gasteiger partial charge is 0.326 e. The molecule has 2 amide bonds. The molecule has 110 valence electrons. The fourth-order valence-electron chi connectivity index (χ4n) is 2.21. The number of benzene rings is 2. The molecule has 1 aliphatic heterocycles. The fourth-order valence-corrected chi connectivity index (χ4v) is 2.34. The lowest BCUT2D eigenvalue weighted by Gasteiger charge is -2.07. The molecule has 0 aliphatic carbocycles. The van der Waals surface area contributed by atoms with Gasteiger partial charge in [-0.25, -0.2) is 0 Å². The van der Waals surface area contributed by atoms with Gasteiger partial charge in [-0.3, -0.25) is 14.4 Å². The van der Waals surface area contributed by atoms with Crippen molar-refractivity contribution in [2.24, 2.45) is 0 Å². The topological polar surface area (TPSA) is 75.3 Å². The predicted octanol–water partition coefficient (Wildman–Crippen LogP) is 2.66. The second-order valence-corrected chi connectivity index (χ2v) is 5.33. The van der Waals surface area contributed by atoms with Gasteiger partial charge >= 0.3 is 0 Å². The van der Waals surface area contributed by atoms with Crippen molar-refractivity contribution in [2.45, 2.75) is 6.42 Å². The Morgan fingerprint density at radius 2 is 1.82 bits per heavy atom. The molecule has 2 aromatic carbocycles. The highest BCUT2D eigenvalue weighted by molar-refractivity contribution is 6.51. The fraction of sp³-hybridized carbons (Fsp3) is 0.0625. The summed E-state index contributed by atoms with van der Waals surface area (Å²) in [6.07, 6.45) is 0.194. The van der Waals surface area contributed by atoms with Crippen LogP contribution in [0.15, 0.2) is 42.5 Å². The highest BCUT2D eigenvalue weighted by atomic mass is 35.5. The first kappa shape index (κ1) is 14.3. The summed E-state index contributed by atoms with van der Waals surface area (Å²) in [6, 6.07) is 11.7. The van der Waals surface area contributed by atoms with E-state index in [4.69, 9.17) is 11.6 Å². The minimum absolute atomic E-state index is 0.194. The van der Waals surface area contributed by atoms with E-state index in [-0.39, 0.29) is 17.9 Å². The number of Topliss-reactive ketones (excluding diaryl/α,β-unsaturated/α-hetero) is 1. The predicted molar refractivity (Wildman–Crippen MR) is 83.2 cm³/mol. The van der Waals surface area contributed by atoms with Crippen molar-refractivity contribution < 1.29 is 14.4 Å². The van der Waals surface area contributed by atoms with Gasteiger partial charge in [0.15, 0.2) is 0 Å². The SMILES string of the molecule is O=C(Cc1ccc(Cl)cc1)Nc1ccc2c(c1)C(=O)C(=O)N2. The number of hydrogen-bond donors (Lipinski definition) is 2. The third-order valence-electron chi connectivity index (χ3n) is 3.28. The minimum atomic E-state index is -0.653. The lowest BCUT2D eigenvalue weighted by atomic mass is 10.1. The van der Waals surface area contributed by atoms with E-state index in [1.807, 2.05) is 0 Å². The number of ketones is 1. The summed E-state index contributed by atoms with van der Waals surface area (Å²) in [5.41, 5.74) is 2.04. The smallest absolute Gasteiger partial charge is 0.296 e. The lowest BCUT2D eigenvalue weighted by molar-refractivity contribution is -0.115. The standard InChI is InChI=1S/C16H11ClN2O3/c17-10-3-1-9(2-4-10)7-14(20)18-11-5-6-13-12(8-11)15(21)16(22)19-13/h1-6,8H,7H2,(H,18,20)(H,19,21,22). The molecule has 0 saturated heterocycles. The molecule has 2 aromatic rings. The molecule has 6 heteroatoms. The van der Waals surface area contributed by atoms with Crippen LogP contribution < -0.4 is 10.6 Å². The molecule has 0 aromatic heterocycles. The lowest BCUT2D eigenvalue weighted by Crippen LogP contribution is -2.14. The van der Waals surface area contributed by atoms with E-state index in [2.05, 4.69) is 10.6 Å². The molecule has 3 rings (SSSR count). The Morgan fingerprint density at radius 1 is 1.09 bits per heavy atom. The summed E-state index contributed by atoms with van der Waals surface area (Å²) in [6.45, 7) is 0. The summed E-state index contributed by atoms with van der Waals surface area (Å²) in [5, 5.41) is 5.78. The van der Waals surface area contributed by atoms with E-state index < -0.39 is 11.7 Å². The molecule has 2 N–H and O–H groups in total. The van der Waals surface area contributed by atoms with E-state index in [9.17, 15) is 14.4 Å². The van der Waals surface area contributed by atoms with Crippen LogP contribution in [0.5, 0.6) is 0 Å². The average molecular weight is 315 g/mol. The van der Waals surface area contributed by atoms with Crippen molar-refractivity contribution in [3.63, 3.8) is 0 Å². The van der Waals surface area contributed by atoms with Crippen LogP contribution in [0.1, 0.15) is 15.9 Å². The van der Waals surface area contributed by atoms with Crippen LogP contribution in [0.25, 0.3) is 0 Å². The van der Waals surface area contributed by atoms with Crippen LogP contribution in [-0.2, 0) is 16.0 Å². The number of hydrogen-bond acceptors (Lipinski definition) is 3. The summed E-state index contributed by atoms with van der Waals surface area (Å²) >= 11 is 5.79. The molecule has 0 saturated carbocycles. The van der Waals surface area contributed by atoms with E-state index in [0.29, 0.717) is 16.4 Å². The maximum atomic E-state index is 12.0. The molecular weight excluding hydrogens is 304 g/mol. The average Bonchev–Trinajstić information content (AvgIpc) is 2.77. The second kappa shape index (κ2) is 5.61. The molecule has 0 spiro atoms. The van der Waals surface area contributed by atoms with Crippen LogP contribution in [0.3, 0.4) is 0 Å². The van der Waals surface area contributed by atoms with Crippen LogP contribution in [-0.4, -0.2) is 17.6 Å². The molecule has 0 radical (unpaired) electrons. The zero-order chi connectivity index (χ0) is 15.7. The van der Waals surface area contributed by atoms with Gasteiger partial charge in [-0.2, -0.15) is 0 Å². The van der Waals surface area contributed by atoms with Gasteiger partial charge in [-0.1, -0.05) is 23.7 Å². The summed E-state index contributed by atoms with van der Waals surface area (Å²) in [7, 11) is 0. The Balaban J connectivity index is 1.71. The van der Waals surface area contributed by atoms with Gasteiger partial charge in [0, 0.05) is 10.7 Å². The molecule has 1 heterocycles. The number of amides is 2.